The average Bonchev–Trinajstić information content (AvgIpc) is 3.39. The summed E-state index contributed by atoms with van der Waals surface area (Å²) < 4.78 is 18.3. The predicted octanol–water partition coefficient (Wildman–Crippen LogP) is 3.69. The number of carbonyl (C=O) groups excluding carboxylic acids is 1. The molecule has 29 heavy (non-hydrogen) atoms. The summed E-state index contributed by atoms with van der Waals surface area (Å²) in [6.07, 6.45) is 2.21. The zero-order valence-electron chi connectivity index (χ0n) is 17.0. The minimum absolute atomic E-state index is 0.155. The number of aryl methyl sites for hydroxylation is 1. The van der Waals surface area contributed by atoms with Crippen molar-refractivity contribution in [2.24, 2.45) is 0 Å². The van der Waals surface area contributed by atoms with Gasteiger partial charge in [-0.2, -0.15) is 0 Å². The molecule has 2 heterocycles. The molecule has 2 aromatic heterocycles. The first-order valence-corrected chi connectivity index (χ1v) is 9.52. The van der Waals surface area contributed by atoms with Gasteiger partial charge in [0.2, 0.25) is 17.7 Å². The molecule has 0 aliphatic heterocycles. The van der Waals surface area contributed by atoms with E-state index >= 15 is 0 Å². The Balaban J connectivity index is 1.52. The van der Waals surface area contributed by atoms with E-state index in [1.54, 1.807) is 32.4 Å². The second-order valence-corrected chi connectivity index (χ2v) is 7.24. The van der Waals surface area contributed by atoms with Gasteiger partial charge in [-0.05, 0) is 32.8 Å². The molecule has 1 amide bonds. The predicted molar refractivity (Wildman–Crippen MR) is 107 cm³/mol. The number of hydrogen-bond donors (Lipinski definition) is 1. The molecule has 0 spiro atoms. The molecule has 8 heteroatoms. The molecule has 0 atom stereocenters. The van der Waals surface area contributed by atoms with E-state index in [2.05, 4.69) is 15.5 Å². The lowest BCUT2D eigenvalue weighted by molar-refractivity contribution is -0.116. The molecule has 4 rings (SSSR count). The number of carbonyl (C=O) groups is 1. The van der Waals surface area contributed by atoms with Gasteiger partial charge in [-0.15, -0.1) is 10.2 Å². The van der Waals surface area contributed by atoms with Gasteiger partial charge in [0.05, 0.1) is 19.8 Å². The van der Waals surface area contributed by atoms with Crippen molar-refractivity contribution >= 4 is 11.6 Å². The summed E-state index contributed by atoms with van der Waals surface area (Å²) in [5.41, 5.74) is 3.33. The molecule has 8 nitrogen and oxygen atoms in total. The van der Waals surface area contributed by atoms with Crippen LogP contribution in [0.15, 0.2) is 28.7 Å². The molecule has 3 aromatic rings. The van der Waals surface area contributed by atoms with E-state index in [9.17, 15) is 4.79 Å². The maximum atomic E-state index is 12.7. The zero-order chi connectivity index (χ0) is 20.5. The van der Waals surface area contributed by atoms with Crippen LogP contribution >= 0.6 is 0 Å². The fourth-order valence-electron chi connectivity index (χ4n) is 3.32. The Morgan fingerprint density at radius 1 is 1.14 bits per heavy atom. The minimum Gasteiger partial charge on any atom is -0.497 e. The summed E-state index contributed by atoms with van der Waals surface area (Å²) in [5.74, 6) is 2.68. The number of aromatic nitrogens is 3. The molecule has 1 aromatic carbocycles. The normalized spacial score (nSPS) is 13.4. The monoisotopic (exact) mass is 396 g/mol. The summed E-state index contributed by atoms with van der Waals surface area (Å²) in [4.78, 5) is 12.7. The number of nitrogens with zero attached hydrogens (tertiary/aromatic N) is 3. The van der Waals surface area contributed by atoms with Crippen LogP contribution in [0, 0.1) is 13.8 Å². The van der Waals surface area contributed by atoms with Crippen molar-refractivity contribution < 1.29 is 18.7 Å². The smallest absolute Gasteiger partial charge is 0.249 e. The first-order valence-electron chi connectivity index (χ1n) is 9.52. The topological polar surface area (TPSA) is 91.4 Å². The van der Waals surface area contributed by atoms with Gasteiger partial charge >= 0.3 is 0 Å². The third-order valence-corrected chi connectivity index (χ3v) is 5.11. The van der Waals surface area contributed by atoms with Gasteiger partial charge in [-0.3, -0.25) is 4.79 Å². The van der Waals surface area contributed by atoms with Crippen molar-refractivity contribution in [1.29, 1.82) is 0 Å². The molecule has 1 aliphatic rings. The highest BCUT2D eigenvalue weighted by Gasteiger charge is 2.30. The van der Waals surface area contributed by atoms with E-state index in [-0.39, 0.29) is 12.5 Å². The summed E-state index contributed by atoms with van der Waals surface area (Å²) in [6, 6.07) is 7.22. The van der Waals surface area contributed by atoms with Crippen LogP contribution in [0.5, 0.6) is 11.5 Å². The third-order valence-electron chi connectivity index (χ3n) is 5.11. The van der Waals surface area contributed by atoms with E-state index in [4.69, 9.17) is 13.9 Å². The number of amides is 1. The van der Waals surface area contributed by atoms with Crippen molar-refractivity contribution in [3.63, 3.8) is 0 Å². The molecule has 0 radical (unpaired) electrons. The van der Waals surface area contributed by atoms with E-state index in [1.165, 1.54) is 0 Å². The van der Waals surface area contributed by atoms with Gasteiger partial charge in [-0.25, -0.2) is 0 Å². The molecule has 1 saturated carbocycles. The number of ether oxygens (including phenoxy) is 2. The Labute approximate surface area is 168 Å². The molecule has 152 valence electrons. The number of anilines is 1. The Morgan fingerprint density at radius 3 is 2.45 bits per heavy atom. The van der Waals surface area contributed by atoms with Gasteiger partial charge in [0, 0.05) is 41.2 Å². The molecule has 0 unspecified atom stereocenters. The molecule has 0 bridgehead atoms. The van der Waals surface area contributed by atoms with Crippen LogP contribution < -0.4 is 14.8 Å². The quantitative estimate of drug-likeness (QED) is 0.655. The highest BCUT2D eigenvalue weighted by Crippen LogP contribution is 2.40. The number of hydrogen-bond acceptors (Lipinski definition) is 6. The van der Waals surface area contributed by atoms with Crippen molar-refractivity contribution in [1.82, 2.24) is 14.8 Å². The summed E-state index contributed by atoms with van der Waals surface area (Å²) in [7, 11) is 3.14. The standard InChI is InChI=1S/C21H24N4O4/c1-12-7-18(21-24-23-20(29-21)14-5-6-14)13(2)25(12)11-19(26)22-15-8-16(27-3)10-17(9-15)28-4/h7-10,14H,5-6,11H2,1-4H3,(H,22,26). The van der Waals surface area contributed by atoms with Crippen molar-refractivity contribution in [2.75, 3.05) is 19.5 Å². The lowest BCUT2D eigenvalue weighted by Gasteiger charge is -2.12. The van der Waals surface area contributed by atoms with E-state index in [1.807, 2.05) is 24.5 Å². The largest absolute Gasteiger partial charge is 0.497 e. The number of nitrogens with one attached hydrogen (secondary N) is 1. The van der Waals surface area contributed by atoms with E-state index < -0.39 is 0 Å². The third kappa shape index (κ3) is 3.96. The second kappa shape index (κ2) is 7.62. The lowest BCUT2D eigenvalue weighted by Crippen LogP contribution is -2.20. The lowest BCUT2D eigenvalue weighted by atomic mass is 10.2. The minimum atomic E-state index is -0.155. The van der Waals surface area contributed by atoms with Gasteiger partial charge in [0.25, 0.3) is 0 Å². The van der Waals surface area contributed by atoms with E-state index in [0.29, 0.717) is 34.9 Å². The fraction of sp³-hybridized carbons (Fsp3) is 0.381. The van der Waals surface area contributed by atoms with E-state index in [0.717, 1.165) is 29.8 Å². The number of rotatable bonds is 7. The van der Waals surface area contributed by atoms with Crippen LogP contribution in [0.4, 0.5) is 5.69 Å². The Kier molecular flexibility index (Phi) is 5.00. The second-order valence-electron chi connectivity index (χ2n) is 7.24. The van der Waals surface area contributed by atoms with Crippen molar-refractivity contribution in [3.8, 4) is 23.0 Å². The van der Waals surface area contributed by atoms with Crippen molar-refractivity contribution in [3.05, 3.63) is 41.5 Å². The maximum Gasteiger partial charge on any atom is 0.249 e. The van der Waals surface area contributed by atoms with Crippen LogP contribution in [0.1, 0.15) is 36.0 Å². The first-order chi connectivity index (χ1) is 14.0. The summed E-state index contributed by atoms with van der Waals surface area (Å²) >= 11 is 0. The Hall–Kier alpha value is -3.29. The summed E-state index contributed by atoms with van der Waals surface area (Å²) in [5, 5.41) is 11.2. The number of benzene rings is 1. The Morgan fingerprint density at radius 2 is 1.83 bits per heavy atom. The highest BCUT2D eigenvalue weighted by atomic mass is 16.5. The van der Waals surface area contributed by atoms with Gasteiger partial charge in [-0.1, -0.05) is 0 Å². The van der Waals surface area contributed by atoms with Crippen LogP contribution in [0.3, 0.4) is 0 Å². The number of methoxy groups -OCH3 is 2. The molecular formula is C21H24N4O4. The fourth-order valence-corrected chi connectivity index (χ4v) is 3.32. The average molecular weight is 396 g/mol. The molecule has 1 N–H and O–H groups in total. The summed E-state index contributed by atoms with van der Waals surface area (Å²) in [6.45, 7) is 4.07. The van der Waals surface area contributed by atoms with Crippen LogP contribution in [0.25, 0.3) is 11.5 Å². The van der Waals surface area contributed by atoms with Crippen LogP contribution in [0.2, 0.25) is 0 Å². The molecule has 1 fully saturated rings. The van der Waals surface area contributed by atoms with Crippen LogP contribution in [-0.4, -0.2) is 34.9 Å². The molecule has 0 saturated heterocycles. The van der Waals surface area contributed by atoms with Gasteiger partial charge in [0.15, 0.2) is 0 Å². The van der Waals surface area contributed by atoms with Crippen molar-refractivity contribution in [2.45, 2.75) is 39.2 Å². The molecular weight excluding hydrogens is 372 g/mol. The zero-order valence-corrected chi connectivity index (χ0v) is 17.0. The Bertz CT molecular complexity index is 1030. The van der Waals surface area contributed by atoms with Gasteiger partial charge < -0.3 is 23.8 Å². The maximum absolute atomic E-state index is 12.7. The van der Waals surface area contributed by atoms with Gasteiger partial charge in [0.1, 0.15) is 18.0 Å². The first kappa shape index (κ1) is 19.0. The highest BCUT2D eigenvalue weighted by molar-refractivity contribution is 5.91. The van der Waals surface area contributed by atoms with Crippen LogP contribution in [-0.2, 0) is 11.3 Å². The SMILES string of the molecule is COc1cc(NC(=O)Cn2c(C)cc(-c3nnc(C4CC4)o3)c2C)cc(OC)c1. The molecule has 1 aliphatic carbocycles.